The summed E-state index contributed by atoms with van der Waals surface area (Å²) in [6.45, 7) is 2.89. The maximum Gasteiger partial charge on any atom is 0.410 e. The van der Waals surface area contributed by atoms with Crippen LogP contribution < -0.4 is 5.32 Å². The van der Waals surface area contributed by atoms with Crippen molar-refractivity contribution in [3.8, 4) is 0 Å². The van der Waals surface area contributed by atoms with Gasteiger partial charge in [-0.2, -0.15) is 0 Å². The molecule has 1 fully saturated rings. The van der Waals surface area contributed by atoms with Crippen molar-refractivity contribution < 1.29 is 29.0 Å². The van der Waals surface area contributed by atoms with E-state index in [0.717, 1.165) is 12.8 Å². The summed E-state index contributed by atoms with van der Waals surface area (Å²) in [6.07, 6.45) is 4.18. The van der Waals surface area contributed by atoms with Gasteiger partial charge in [0.2, 0.25) is 6.29 Å². The predicted molar refractivity (Wildman–Crippen MR) is 75.8 cm³/mol. The molecular formula is C15H21NO6. The van der Waals surface area contributed by atoms with Gasteiger partial charge in [0.1, 0.15) is 0 Å². The lowest BCUT2D eigenvalue weighted by atomic mass is 9.53. The monoisotopic (exact) mass is 311 g/mol. The number of ether oxygens (including phenoxy) is 2. The average molecular weight is 311 g/mol. The van der Waals surface area contributed by atoms with Crippen LogP contribution in [0.2, 0.25) is 0 Å². The molecular weight excluding hydrogens is 290 g/mol. The molecule has 1 amide bonds. The summed E-state index contributed by atoms with van der Waals surface area (Å²) >= 11 is 0. The Morgan fingerprint density at radius 2 is 2.14 bits per heavy atom. The van der Waals surface area contributed by atoms with Gasteiger partial charge in [-0.1, -0.05) is 12.2 Å². The number of allylic oxidation sites excluding steroid dienone is 2. The fraction of sp³-hybridized carbons (Fsp3) is 0.667. The van der Waals surface area contributed by atoms with Crippen LogP contribution in [0.3, 0.4) is 0 Å². The average Bonchev–Trinajstić information content (AvgIpc) is 2.75. The molecule has 0 saturated heterocycles. The first-order valence-electron chi connectivity index (χ1n) is 7.32. The SMILES string of the molecule is CC(=O)O[C@H](C)OC(=O)NC[C@@]1(CC(=O)O)C[C@@H]2CC=C[C@@H]21. The van der Waals surface area contributed by atoms with Gasteiger partial charge in [0, 0.05) is 25.8 Å². The largest absolute Gasteiger partial charge is 0.481 e. The van der Waals surface area contributed by atoms with Crippen LogP contribution in [0, 0.1) is 17.3 Å². The van der Waals surface area contributed by atoms with E-state index in [1.54, 1.807) is 0 Å². The van der Waals surface area contributed by atoms with Crippen LogP contribution in [-0.4, -0.2) is 36.0 Å². The molecule has 7 heteroatoms. The second kappa shape index (κ2) is 6.37. The molecule has 4 atom stereocenters. The van der Waals surface area contributed by atoms with Crippen molar-refractivity contribution in [2.45, 2.75) is 39.4 Å². The molecule has 1 saturated carbocycles. The maximum absolute atomic E-state index is 11.7. The molecule has 0 unspecified atom stereocenters. The van der Waals surface area contributed by atoms with Crippen molar-refractivity contribution in [2.24, 2.45) is 17.3 Å². The van der Waals surface area contributed by atoms with E-state index >= 15 is 0 Å². The van der Waals surface area contributed by atoms with Crippen molar-refractivity contribution >= 4 is 18.0 Å². The van der Waals surface area contributed by atoms with Gasteiger partial charge in [0.15, 0.2) is 0 Å². The van der Waals surface area contributed by atoms with Crippen molar-refractivity contribution in [2.75, 3.05) is 6.54 Å². The molecule has 22 heavy (non-hydrogen) atoms. The lowest BCUT2D eigenvalue weighted by Gasteiger charge is -2.51. The van der Waals surface area contributed by atoms with Crippen LogP contribution in [-0.2, 0) is 19.1 Å². The highest BCUT2D eigenvalue weighted by atomic mass is 16.7. The second-order valence-electron chi connectivity index (χ2n) is 6.02. The number of nitrogens with one attached hydrogen (secondary N) is 1. The quantitative estimate of drug-likeness (QED) is 0.439. The first-order chi connectivity index (χ1) is 10.3. The van der Waals surface area contributed by atoms with Crippen LogP contribution in [0.4, 0.5) is 4.79 Å². The zero-order chi connectivity index (χ0) is 16.3. The smallest absolute Gasteiger partial charge is 0.410 e. The number of alkyl carbamates (subject to hydrolysis) is 1. The standard InChI is InChI=1S/C15H21NO6/c1-9(17)21-10(2)22-14(20)16-8-15(7-13(18)19)6-11-4-3-5-12(11)15/h3,5,10-12H,4,6-8H2,1-2H3,(H,16,20)(H,18,19)/t10-,11-,12-,15-/m0/s1. The zero-order valence-electron chi connectivity index (χ0n) is 12.7. The van der Waals surface area contributed by atoms with Gasteiger partial charge in [-0.3, -0.25) is 9.59 Å². The van der Waals surface area contributed by atoms with E-state index in [-0.39, 0.29) is 18.9 Å². The van der Waals surface area contributed by atoms with E-state index < -0.39 is 29.7 Å². The van der Waals surface area contributed by atoms with Gasteiger partial charge in [-0.05, 0) is 24.7 Å². The first kappa shape index (κ1) is 16.3. The minimum atomic E-state index is -0.978. The van der Waals surface area contributed by atoms with E-state index in [2.05, 4.69) is 11.4 Å². The zero-order valence-corrected chi connectivity index (χ0v) is 12.7. The third kappa shape index (κ3) is 3.58. The molecule has 2 rings (SSSR count). The Kier molecular flexibility index (Phi) is 4.73. The Morgan fingerprint density at radius 3 is 2.73 bits per heavy atom. The molecule has 0 aromatic rings. The predicted octanol–water partition coefficient (Wildman–Crippen LogP) is 1.68. The van der Waals surface area contributed by atoms with E-state index in [1.165, 1.54) is 13.8 Å². The molecule has 7 nitrogen and oxygen atoms in total. The second-order valence-corrected chi connectivity index (χ2v) is 6.02. The molecule has 2 aliphatic carbocycles. The highest BCUT2D eigenvalue weighted by molar-refractivity contribution is 5.70. The van der Waals surface area contributed by atoms with Gasteiger partial charge >= 0.3 is 18.0 Å². The molecule has 0 spiro atoms. The fourth-order valence-electron chi connectivity index (χ4n) is 3.56. The Balaban J connectivity index is 1.87. The Hall–Kier alpha value is -2.05. The summed E-state index contributed by atoms with van der Waals surface area (Å²) in [5.41, 5.74) is -0.451. The Bertz CT molecular complexity index is 502. The van der Waals surface area contributed by atoms with E-state index in [4.69, 9.17) is 14.6 Å². The minimum absolute atomic E-state index is 0.0122. The number of carbonyl (C=O) groups excluding carboxylic acids is 2. The Morgan fingerprint density at radius 1 is 1.41 bits per heavy atom. The van der Waals surface area contributed by atoms with E-state index in [0.29, 0.717) is 5.92 Å². The topological polar surface area (TPSA) is 102 Å². The summed E-state index contributed by atoms with van der Waals surface area (Å²) in [7, 11) is 0. The molecule has 2 aliphatic rings. The molecule has 0 radical (unpaired) electrons. The maximum atomic E-state index is 11.7. The third-order valence-corrected chi connectivity index (χ3v) is 4.36. The molecule has 2 N–H and O–H groups in total. The number of rotatable bonds is 6. The van der Waals surface area contributed by atoms with Crippen molar-refractivity contribution in [1.82, 2.24) is 5.32 Å². The van der Waals surface area contributed by atoms with Crippen LogP contribution in [0.1, 0.15) is 33.1 Å². The fourth-order valence-corrected chi connectivity index (χ4v) is 3.56. The van der Waals surface area contributed by atoms with Crippen molar-refractivity contribution in [3.63, 3.8) is 0 Å². The number of esters is 1. The normalized spacial score (nSPS) is 29.9. The number of carboxylic acid groups (broad SMARTS) is 1. The summed E-state index contributed by atoms with van der Waals surface area (Å²) in [5.74, 6) is -0.741. The van der Waals surface area contributed by atoms with Crippen molar-refractivity contribution in [3.05, 3.63) is 12.2 Å². The molecule has 0 aromatic carbocycles. The third-order valence-electron chi connectivity index (χ3n) is 4.36. The van der Waals surface area contributed by atoms with Crippen molar-refractivity contribution in [1.29, 1.82) is 0 Å². The summed E-state index contributed by atoms with van der Waals surface area (Å²) in [5, 5.41) is 11.7. The van der Waals surface area contributed by atoms with Crippen LogP contribution in [0.15, 0.2) is 12.2 Å². The lowest BCUT2D eigenvalue weighted by molar-refractivity contribution is -0.162. The summed E-state index contributed by atoms with van der Waals surface area (Å²) in [6, 6.07) is 0. The molecule has 0 aliphatic heterocycles. The van der Waals surface area contributed by atoms with Crippen LogP contribution in [0.5, 0.6) is 0 Å². The molecule has 0 bridgehead atoms. The summed E-state index contributed by atoms with van der Waals surface area (Å²) < 4.78 is 9.58. The number of fused-ring (bicyclic) bond motifs is 1. The first-order valence-corrected chi connectivity index (χ1v) is 7.32. The number of carboxylic acids is 1. The van der Waals surface area contributed by atoms with Gasteiger partial charge in [-0.15, -0.1) is 0 Å². The van der Waals surface area contributed by atoms with Crippen LogP contribution >= 0.6 is 0 Å². The van der Waals surface area contributed by atoms with Gasteiger partial charge < -0.3 is 19.9 Å². The van der Waals surface area contributed by atoms with Gasteiger partial charge in [0.25, 0.3) is 0 Å². The number of hydrogen-bond donors (Lipinski definition) is 2. The molecule has 122 valence electrons. The van der Waals surface area contributed by atoms with E-state index in [9.17, 15) is 14.4 Å². The molecule has 0 aromatic heterocycles. The minimum Gasteiger partial charge on any atom is -0.481 e. The summed E-state index contributed by atoms with van der Waals surface area (Å²) in [4.78, 5) is 33.6. The number of aliphatic carboxylic acids is 1. The highest BCUT2D eigenvalue weighted by Gasteiger charge is 2.54. The highest BCUT2D eigenvalue weighted by Crippen LogP contribution is 2.57. The van der Waals surface area contributed by atoms with Crippen LogP contribution in [0.25, 0.3) is 0 Å². The number of hydrogen-bond acceptors (Lipinski definition) is 5. The lowest BCUT2D eigenvalue weighted by Crippen LogP contribution is -2.53. The Labute approximate surface area is 128 Å². The number of carbonyl (C=O) groups is 3. The molecule has 0 heterocycles. The number of amides is 1. The van der Waals surface area contributed by atoms with Gasteiger partial charge in [0.05, 0.1) is 6.42 Å². The van der Waals surface area contributed by atoms with Gasteiger partial charge in [-0.25, -0.2) is 4.79 Å². The van der Waals surface area contributed by atoms with E-state index in [1.807, 2.05) is 6.08 Å².